The number of rotatable bonds is 6. The standard InChI is InChI=1S/C18H19NO3/c1-2-22-18(21)15-9-11-16(12-10-15)19-17(20)13-8-14-6-4-3-5-7-14/h3-7,9-12H,2,8,13H2,1H3,(H,19,20). The van der Waals surface area contributed by atoms with E-state index in [1.165, 1.54) is 0 Å². The second-order valence-electron chi connectivity index (χ2n) is 4.83. The van der Waals surface area contributed by atoms with Gasteiger partial charge in [0.15, 0.2) is 0 Å². The predicted octanol–water partition coefficient (Wildman–Crippen LogP) is 3.43. The first kappa shape index (κ1) is 15.8. The van der Waals surface area contributed by atoms with Crippen LogP contribution in [0.3, 0.4) is 0 Å². The Hall–Kier alpha value is -2.62. The Morgan fingerprint density at radius 1 is 1.00 bits per heavy atom. The van der Waals surface area contributed by atoms with Crippen LogP contribution in [0, 0.1) is 0 Å². The Morgan fingerprint density at radius 2 is 1.68 bits per heavy atom. The lowest BCUT2D eigenvalue weighted by molar-refractivity contribution is -0.116. The summed E-state index contributed by atoms with van der Waals surface area (Å²) in [4.78, 5) is 23.4. The average molecular weight is 297 g/mol. The summed E-state index contributed by atoms with van der Waals surface area (Å²) >= 11 is 0. The lowest BCUT2D eigenvalue weighted by atomic mass is 10.1. The van der Waals surface area contributed by atoms with Gasteiger partial charge in [0.1, 0.15) is 0 Å². The van der Waals surface area contributed by atoms with Crippen molar-refractivity contribution in [3.63, 3.8) is 0 Å². The number of amides is 1. The van der Waals surface area contributed by atoms with Gasteiger partial charge in [0.25, 0.3) is 0 Å². The van der Waals surface area contributed by atoms with Crippen molar-refractivity contribution in [2.45, 2.75) is 19.8 Å². The Labute approximate surface area is 130 Å². The van der Waals surface area contributed by atoms with E-state index >= 15 is 0 Å². The first-order valence-corrected chi connectivity index (χ1v) is 7.30. The lowest BCUT2D eigenvalue weighted by Gasteiger charge is -2.06. The molecule has 4 nitrogen and oxygen atoms in total. The molecule has 0 aliphatic carbocycles. The highest BCUT2D eigenvalue weighted by Crippen LogP contribution is 2.11. The van der Waals surface area contributed by atoms with Gasteiger partial charge in [0.05, 0.1) is 12.2 Å². The zero-order valence-electron chi connectivity index (χ0n) is 12.5. The molecule has 2 aromatic rings. The molecular weight excluding hydrogens is 278 g/mol. The van der Waals surface area contributed by atoms with E-state index in [-0.39, 0.29) is 11.9 Å². The normalized spacial score (nSPS) is 10.0. The minimum absolute atomic E-state index is 0.0484. The Morgan fingerprint density at radius 3 is 2.32 bits per heavy atom. The van der Waals surface area contributed by atoms with E-state index in [1.54, 1.807) is 31.2 Å². The smallest absolute Gasteiger partial charge is 0.338 e. The van der Waals surface area contributed by atoms with Crippen molar-refractivity contribution in [2.75, 3.05) is 11.9 Å². The van der Waals surface area contributed by atoms with Crippen LogP contribution >= 0.6 is 0 Å². The molecule has 0 fully saturated rings. The number of hydrogen-bond acceptors (Lipinski definition) is 3. The first-order chi connectivity index (χ1) is 10.7. The third-order valence-corrected chi connectivity index (χ3v) is 3.16. The molecule has 4 heteroatoms. The fourth-order valence-electron chi connectivity index (χ4n) is 2.03. The van der Waals surface area contributed by atoms with Crippen LogP contribution in [0.15, 0.2) is 54.6 Å². The van der Waals surface area contributed by atoms with E-state index in [2.05, 4.69) is 5.32 Å². The van der Waals surface area contributed by atoms with Crippen LogP contribution in [0.1, 0.15) is 29.3 Å². The largest absolute Gasteiger partial charge is 0.462 e. The fourth-order valence-corrected chi connectivity index (χ4v) is 2.03. The Bertz CT molecular complexity index is 621. The van der Waals surface area contributed by atoms with Crippen LogP contribution in [0.4, 0.5) is 5.69 Å². The number of ether oxygens (including phenoxy) is 1. The highest BCUT2D eigenvalue weighted by Gasteiger charge is 2.07. The van der Waals surface area contributed by atoms with E-state index in [9.17, 15) is 9.59 Å². The first-order valence-electron chi connectivity index (χ1n) is 7.30. The number of esters is 1. The SMILES string of the molecule is CCOC(=O)c1ccc(NC(=O)CCc2ccccc2)cc1. The molecule has 1 amide bonds. The molecule has 0 aromatic heterocycles. The number of carbonyl (C=O) groups excluding carboxylic acids is 2. The number of anilines is 1. The summed E-state index contributed by atoms with van der Waals surface area (Å²) in [7, 11) is 0. The topological polar surface area (TPSA) is 55.4 Å². The van der Waals surface area contributed by atoms with E-state index in [1.807, 2.05) is 30.3 Å². The molecule has 0 atom stereocenters. The van der Waals surface area contributed by atoms with Gasteiger partial charge < -0.3 is 10.1 Å². The molecule has 0 saturated heterocycles. The van der Waals surface area contributed by atoms with Gasteiger partial charge in [-0.05, 0) is 43.2 Å². The number of hydrogen-bond donors (Lipinski definition) is 1. The zero-order valence-corrected chi connectivity index (χ0v) is 12.5. The van der Waals surface area contributed by atoms with Gasteiger partial charge >= 0.3 is 5.97 Å². The van der Waals surface area contributed by atoms with Crippen molar-refractivity contribution in [3.8, 4) is 0 Å². The molecule has 0 aliphatic heterocycles. The predicted molar refractivity (Wildman–Crippen MR) is 85.8 cm³/mol. The monoisotopic (exact) mass is 297 g/mol. The third kappa shape index (κ3) is 4.74. The molecule has 2 rings (SSSR count). The Kier molecular flexibility index (Phi) is 5.72. The quantitative estimate of drug-likeness (QED) is 0.831. The third-order valence-electron chi connectivity index (χ3n) is 3.16. The minimum Gasteiger partial charge on any atom is -0.462 e. The van der Waals surface area contributed by atoms with Gasteiger partial charge in [-0.15, -0.1) is 0 Å². The second kappa shape index (κ2) is 7.98. The minimum atomic E-state index is -0.357. The molecular formula is C18H19NO3. The summed E-state index contributed by atoms with van der Waals surface area (Å²) in [6, 6.07) is 16.6. The van der Waals surface area contributed by atoms with Crippen LogP contribution in [0.25, 0.3) is 0 Å². The molecule has 22 heavy (non-hydrogen) atoms. The van der Waals surface area contributed by atoms with Gasteiger partial charge in [-0.25, -0.2) is 4.79 Å². The van der Waals surface area contributed by atoms with Crippen LogP contribution in [-0.2, 0) is 16.0 Å². The number of nitrogens with one attached hydrogen (secondary N) is 1. The van der Waals surface area contributed by atoms with Crippen molar-refractivity contribution in [3.05, 3.63) is 65.7 Å². The Balaban J connectivity index is 1.85. The van der Waals surface area contributed by atoms with Crippen molar-refractivity contribution in [1.82, 2.24) is 0 Å². The zero-order chi connectivity index (χ0) is 15.8. The summed E-state index contributed by atoms with van der Waals surface area (Å²) in [5, 5.41) is 2.82. The van der Waals surface area contributed by atoms with Gasteiger partial charge in [0, 0.05) is 12.1 Å². The summed E-state index contributed by atoms with van der Waals surface area (Å²) in [6.45, 7) is 2.11. The van der Waals surface area contributed by atoms with Gasteiger partial charge in [-0.2, -0.15) is 0 Å². The van der Waals surface area contributed by atoms with Gasteiger partial charge in [-0.3, -0.25) is 4.79 Å². The van der Waals surface area contributed by atoms with Crippen molar-refractivity contribution >= 4 is 17.6 Å². The molecule has 114 valence electrons. The maximum absolute atomic E-state index is 11.9. The number of carbonyl (C=O) groups is 2. The molecule has 2 aromatic carbocycles. The second-order valence-corrected chi connectivity index (χ2v) is 4.83. The number of aryl methyl sites for hydroxylation is 1. The summed E-state index contributed by atoms with van der Waals surface area (Å²) in [6.07, 6.45) is 1.12. The van der Waals surface area contributed by atoms with E-state index in [0.29, 0.717) is 30.7 Å². The maximum Gasteiger partial charge on any atom is 0.338 e. The molecule has 0 radical (unpaired) electrons. The molecule has 0 saturated carbocycles. The molecule has 0 heterocycles. The highest BCUT2D eigenvalue weighted by molar-refractivity contribution is 5.93. The van der Waals surface area contributed by atoms with E-state index < -0.39 is 0 Å². The van der Waals surface area contributed by atoms with E-state index in [0.717, 1.165) is 5.56 Å². The van der Waals surface area contributed by atoms with Gasteiger partial charge in [0.2, 0.25) is 5.91 Å². The number of benzene rings is 2. The molecule has 0 bridgehead atoms. The maximum atomic E-state index is 11.9. The van der Waals surface area contributed by atoms with Gasteiger partial charge in [-0.1, -0.05) is 30.3 Å². The summed E-state index contributed by atoms with van der Waals surface area (Å²) < 4.78 is 4.91. The lowest BCUT2D eigenvalue weighted by Crippen LogP contribution is -2.12. The van der Waals surface area contributed by atoms with Crippen LogP contribution in [-0.4, -0.2) is 18.5 Å². The molecule has 1 N–H and O–H groups in total. The van der Waals surface area contributed by atoms with Crippen LogP contribution < -0.4 is 5.32 Å². The van der Waals surface area contributed by atoms with Crippen molar-refractivity contribution < 1.29 is 14.3 Å². The summed E-state index contributed by atoms with van der Waals surface area (Å²) in [5.74, 6) is -0.405. The summed E-state index contributed by atoms with van der Waals surface area (Å²) in [5.41, 5.74) is 2.28. The van der Waals surface area contributed by atoms with Crippen molar-refractivity contribution in [2.24, 2.45) is 0 Å². The fraction of sp³-hybridized carbons (Fsp3) is 0.222. The van der Waals surface area contributed by atoms with E-state index in [4.69, 9.17) is 4.74 Å². The molecule has 0 spiro atoms. The molecule has 0 unspecified atom stereocenters. The average Bonchev–Trinajstić information content (AvgIpc) is 2.55. The van der Waals surface area contributed by atoms with Crippen molar-refractivity contribution in [1.29, 1.82) is 0 Å². The van der Waals surface area contributed by atoms with Crippen LogP contribution in [0.2, 0.25) is 0 Å². The highest BCUT2D eigenvalue weighted by atomic mass is 16.5. The molecule has 0 aliphatic rings. The van der Waals surface area contributed by atoms with Crippen LogP contribution in [0.5, 0.6) is 0 Å².